The van der Waals surface area contributed by atoms with E-state index in [2.05, 4.69) is 10.3 Å². The third-order valence-electron chi connectivity index (χ3n) is 2.44. The highest BCUT2D eigenvalue weighted by molar-refractivity contribution is 5.35. The van der Waals surface area contributed by atoms with Crippen molar-refractivity contribution in [2.24, 2.45) is 12.8 Å². The maximum absolute atomic E-state index is 5.88. The number of nitrogens with zero attached hydrogens (tertiary/aromatic N) is 3. The molecule has 2 N–H and O–H groups in total. The van der Waals surface area contributed by atoms with Gasteiger partial charge >= 0.3 is 0 Å². The lowest BCUT2D eigenvalue weighted by Gasteiger charge is -2.12. The van der Waals surface area contributed by atoms with Gasteiger partial charge in [0.2, 0.25) is 0 Å². The minimum Gasteiger partial charge on any atom is -0.487 e. The van der Waals surface area contributed by atoms with Crippen LogP contribution in [-0.4, -0.2) is 15.0 Å². The smallest absolute Gasteiger partial charge is 0.134 e. The van der Waals surface area contributed by atoms with Crippen LogP contribution < -0.4 is 10.5 Å². The van der Waals surface area contributed by atoms with Gasteiger partial charge in [0.05, 0.1) is 6.20 Å². The van der Waals surface area contributed by atoms with Crippen LogP contribution in [0.5, 0.6) is 5.75 Å². The number of aryl methyl sites for hydroxylation is 1. The van der Waals surface area contributed by atoms with E-state index in [1.54, 1.807) is 4.68 Å². The Balaban J connectivity index is 2.08. The minimum absolute atomic E-state index is 0.0481. The van der Waals surface area contributed by atoms with Gasteiger partial charge in [-0.2, -0.15) is 0 Å². The molecule has 5 nitrogen and oxygen atoms in total. The van der Waals surface area contributed by atoms with Crippen molar-refractivity contribution in [3.63, 3.8) is 0 Å². The van der Waals surface area contributed by atoms with Crippen molar-refractivity contribution in [3.8, 4) is 5.75 Å². The third-order valence-corrected chi connectivity index (χ3v) is 2.44. The molecule has 1 atom stereocenters. The van der Waals surface area contributed by atoms with Crippen molar-refractivity contribution >= 4 is 0 Å². The van der Waals surface area contributed by atoms with E-state index in [1.165, 1.54) is 0 Å². The molecule has 0 bridgehead atoms. The Morgan fingerprint density at radius 3 is 2.82 bits per heavy atom. The van der Waals surface area contributed by atoms with E-state index in [0.29, 0.717) is 6.61 Å². The number of ether oxygens (including phenoxy) is 1. The maximum atomic E-state index is 5.88. The monoisotopic (exact) mass is 232 g/mol. The number of rotatable bonds is 4. The highest BCUT2D eigenvalue weighted by Crippen LogP contribution is 2.23. The standard InChI is InChI=1S/C12H16N4O/c1-9(13)11-5-3-4-6-12(11)17-8-10-7-16(2)15-14-10/h3-7,9H,8,13H2,1-2H3/t9-/m1/s1. The second kappa shape index (κ2) is 4.97. The Bertz CT molecular complexity index is 493. The first-order valence-electron chi connectivity index (χ1n) is 5.49. The fraction of sp³-hybridized carbons (Fsp3) is 0.333. The second-order valence-corrected chi connectivity index (χ2v) is 4.00. The molecule has 0 aliphatic carbocycles. The highest BCUT2D eigenvalue weighted by Gasteiger charge is 2.08. The maximum Gasteiger partial charge on any atom is 0.134 e. The predicted octanol–water partition coefficient (Wildman–Crippen LogP) is 1.41. The van der Waals surface area contributed by atoms with Crippen molar-refractivity contribution < 1.29 is 4.74 Å². The van der Waals surface area contributed by atoms with Crippen molar-refractivity contribution in [1.29, 1.82) is 0 Å². The molecule has 2 aromatic rings. The lowest BCUT2D eigenvalue weighted by Crippen LogP contribution is -2.08. The minimum atomic E-state index is -0.0481. The first-order valence-corrected chi connectivity index (χ1v) is 5.49. The van der Waals surface area contributed by atoms with Gasteiger partial charge in [0.25, 0.3) is 0 Å². The summed E-state index contributed by atoms with van der Waals surface area (Å²) in [6.45, 7) is 2.34. The van der Waals surface area contributed by atoms with Gasteiger partial charge in [-0.1, -0.05) is 23.4 Å². The third kappa shape index (κ3) is 2.82. The fourth-order valence-electron chi connectivity index (χ4n) is 1.60. The molecule has 0 unspecified atom stereocenters. The van der Waals surface area contributed by atoms with Gasteiger partial charge in [0.15, 0.2) is 0 Å². The summed E-state index contributed by atoms with van der Waals surface area (Å²) in [6, 6.07) is 7.71. The van der Waals surface area contributed by atoms with E-state index >= 15 is 0 Å². The Hall–Kier alpha value is -1.88. The highest BCUT2D eigenvalue weighted by atomic mass is 16.5. The summed E-state index contributed by atoms with van der Waals surface area (Å²) in [5.41, 5.74) is 7.67. The Labute approximate surface area is 100 Å². The topological polar surface area (TPSA) is 66.0 Å². The molecule has 1 aromatic carbocycles. The summed E-state index contributed by atoms with van der Waals surface area (Å²) in [7, 11) is 1.83. The van der Waals surface area contributed by atoms with E-state index in [1.807, 2.05) is 44.4 Å². The van der Waals surface area contributed by atoms with Crippen LogP contribution in [0.2, 0.25) is 0 Å². The molecule has 90 valence electrons. The van der Waals surface area contributed by atoms with Crippen LogP contribution >= 0.6 is 0 Å². The number of aromatic nitrogens is 3. The molecule has 17 heavy (non-hydrogen) atoms. The van der Waals surface area contributed by atoms with Crippen LogP contribution in [0.4, 0.5) is 0 Å². The summed E-state index contributed by atoms with van der Waals surface area (Å²) in [5.74, 6) is 0.799. The van der Waals surface area contributed by atoms with Crippen molar-refractivity contribution in [1.82, 2.24) is 15.0 Å². The van der Waals surface area contributed by atoms with Crippen molar-refractivity contribution in [3.05, 3.63) is 41.7 Å². The average Bonchev–Trinajstić information content (AvgIpc) is 2.73. The molecular formula is C12H16N4O. The van der Waals surface area contributed by atoms with E-state index in [9.17, 15) is 0 Å². The molecule has 1 heterocycles. The molecule has 2 rings (SSSR count). The van der Waals surface area contributed by atoms with Crippen LogP contribution in [0, 0.1) is 0 Å². The number of nitrogens with two attached hydrogens (primary N) is 1. The van der Waals surface area contributed by atoms with Gasteiger partial charge in [0, 0.05) is 18.7 Å². The SMILES string of the molecule is C[C@@H](N)c1ccccc1OCc1cn(C)nn1. The zero-order valence-electron chi connectivity index (χ0n) is 10.00. The van der Waals surface area contributed by atoms with Crippen LogP contribution in [0.1, 0.15) is 24.2 Å². The van der Waals surface area contributed by atoms with Crippen molar-refractivity contribution in [2.45, 2.75) is 19.6 Å². The first kappa shape index (κ1) is 11.6. The van der Waals surface area contributed by atoms with Crippen LogP contribution in [0.3, 0.4) is 0 Å². The average molecular weight is 232 g/mol. The molecule has 5 heteroatoms. The van der Waals surface area contributed by atoms with Gasteiger partial charge in [-0.3, -0.25) is 4.68 Å². The van der Waals surface area contributed by atoms with E-state index in [4.69, 9.17) is 10.5 Å². The summed E-state index contributed by atoms with van der Waals surface area (Å²) < 4.78 is 7.35. The van der Waals surface area contributed by atoms with Gasteiger partial charge in [0.1, 0.15) is 18.1 Å². The van der Waals surface area contributed by atoms with Gasteiger partial charge < -0.3 is 10.5 Å². The molecule has 0 aliphatic rings. The van der Waals surface area contributed by atoms with Gasteiger partial charge in [-0.15, -0.1) is 5.10 Å². The number of para-hydroxylation sites is 1. The molecule has 1 aromatic heterocycles. The normalized spacial score (nSPS) is 12.4. The largest absolute Gasteiger partial charge is 0.487 e. The van der Waals surface area contributed by atoms with Gasteiger partial charge in [-0.05, 0) is 13.0 Å². The molecule has 0 radical (unpaired) electrons. The quantitative estimate of drug-likeness (QED) is 0.865. The number of hydrogen-bond donors (Lipinski definition) is 1. The second-order valence-electron chi connectivity index (χ2n) is 4.00. The number of benzene rings is 1. The summed E-state index contributed by atoms with van der Waals surface area (Å²) in [6.07, 6.45) is 1.83. The summed E-state index contributed by atoms with van der Waals surface area (Å²) >= 11 is 0. The summed E-state index contributed by atoms with van der Waals surface area (Å²) in [4.78, 5) is 0. The molecule has 0 aliphatic heterocycles. The van der Waals surface area contributed by atoms with Crippen LogP contribution in [0.15, 0.2) is 30.5 Å². The van der Waals surface area contributed by atoms with E-state index in [-0.39, 0.29) is 6.04 Å². The predicted molar refractivity (Wildman–Crippen MR) is 64.4 cm³/mol. The van der Waals surface area contributed by atoms with Crippen LogP contribution in [0.25, 0.3) is 0 Å². The molecule has 0 spiro atoms. The van der Waals surface area contributed by atoms with Crippen molar-refractivity contribution in [2.75, 3.05) is 0 Å². The Kier molecular flexibility index (Phi) is 3.39. The summed E-state index contributed by atoms with van der Waals surface area (Å²) in [5, 5.41) is 7.81. The van der Waals surface area contributed by atoms with E-state index < -0.39 is 0 Å². The van der Waals surface area contributed by atoms with E-state index in [0.717, 1.165) is 17.0 Å². The fourth-order valence-corrected chi connectivity index (χ4v) is 1.60. The van der Waals surface area contributed by atoms with Gasteiger partial charge in [-0.25, -0.2) is 0 Å². The lowest BCUT2D eigenvalue weighted by atomic mass is 10.1. The molecule has 0 saturated heterocycles. The molecule has 0 saturated carbocycles. The van der Waals surface area contributed by atoms with Crippen LogP contribution in [-0.2, 0) is 13.7 Å². The molecule has 0 amide bonds. The molecular weight excluding hydrogens is 216 g/mol. The molecule has 0 fully saturated rings. The first-order chi connectivity index (χ1) is 8.16. The zero-order chi connectivity index (χ0) is 12.3. The Morgan fingerprint density at radius 1 is 1.41 bits per heavy atom. The Morgan fingerprint density at radius 2 is 2.18 bits per heavy atom. The number of hydrogen-bond acceptors (Lipinski definition) is 4. The zero-order valence-corrected chi connectivity index (χ0v) is 10.00. The lowest BCUT2D eigenvalue weighted by molar-refractivity contribution is 0.296.